The number of carbonyl (C=O) groups excluding carboxylic acids is 1. The summed E-state index contributed by atoms with van der Waals surface area (Å²) in [5.74, 6) is -0.0392. The molecule has 98 valence electrons. The standard InChI is InChI=1S/C15H16N2OS/c1-9-5-6-11(8-12(9)16)17-15(18)14-7-10-3-2-4-13(10)19-14/h5-8H,2-4,16H2,1H3,(H,17,18). The molecule has 1 aromatic heterocycles. The van der Waals surface area contributed by atoms with Crippen LogP contribution in [-0.4, -0.2) is 5.91 Å². The van der Waals surface area contributed by atoms with E-state index in [1.54, 1.807) is 17.4 Å². The highest BCUT2D eigenvalue weighted by Gasteiger charge is 2.18. The second-order valence-electron chi connectivity index (χ2n) is 4.94. The zero-order chi connectivity index (χ0) is 13.4. The molecular weight excluding hydrogens is 256 g/mol. The number of thiophene rings is 1. The average molecular weight is 272 g/mol. The average Bonchev–Trinajstić information content (AvgIpc) is 2.94. The third kappa shape index (κ3) is 2.36. The van der Waals surface area contributed by atoms with Gasteiger partial charge in [-0.25, -0.2) is 0 Å². The SMILES string of the molecule is Cc1ccc(NC(=O)c2cc3c(s2)CCC3)cc1N. The first-order valence-electron chi connectivity index (χ1n) is 6.42. The van der Waals surface area contributed by atoms with Gasteiger partial charge in [-0.15, -0.1) is 11.3 Å². The van der Waals surface area contributed by atoms with Crippen LogP contribution in [0.25, 0.3) is 0 Å². The lowest BCUT2D eigenvalue weighted by Crippen LogP contribution is -2.10. The highest BCUT2D eigenvalue weighted by Crippen LogP contribution is 2.31. The van der Waals surface area contributed by atoms with Gasteiger partial charge in [0.25, 0.3) is 5.91 Å². The first-order valence-corrected chi connectivity index (χ1v) is 7.24. The monoisotopic (exact) mass is 272 g/mol. The van der Waals surface area contributed by atoms with Crippen molar-refractivity contribution in [1.29, 1.82) is 0 Å². The van der Waals surface area contributed by atoms with Crippen LogP contribution < -0.4 is 11.1 Å². The van der Waals surface area contributed by atoms with E-state index in [9.17, 15) is 4.79 Å². The molecule has 0 saturated carbocycles. The summed E-state index contributed by atoms with van der Waals surface area (Å²) in [6, 6.07) is 7.62. The molecule has 1 heterocycles. The van der Waals surface area contributed by atoms with Crippen molar-refractivity contribution >= 4 is 28.6 Å². The predicted octanol–water partition coefficient (Wildman–Crippen LogP) is 3.38. The minimum atomic E-state index is -0.0392. The molecule has 1 aromatic carbocycles. The van der Waals surface area contributed by atoms with Gasteiger partial charge in [-0.2, -0.15) is 0 Å². The van der Waals surface area contributed by atoms with Gasteiger partial charge in [0, 0.05) is 16.3 Å². The molecule has 1 amide bonds. The van der Waals surface area contributed by atoms with Crippen molar-refractivity contribution in [3.05, 3.63) is 45.1 Å². The van der Waals surface area contributed by atoms with Crippen LogP contribution in [0, 0.1) is 6.92 Å². The third-order valence-electron chi connectivity index (χ3n) is 3.51. The van der Waals surface area contributed by atoms with Crippen molar-refractivity contribution < 1.29 is 4.79 Å². The summed E-state index contributed by atoms with van der Waals surface area (Å²) in [5, 5.41) is 2.91. The molecule has 0 fully saturated rings. The fraction of sp³-hybridized carbons (Fsp3) is 0.267. The number of hydrogen-bond donors (Lipinski definition) is 2. The molecular formula is C15H16N2OS. The number of carbonyl (C=O) groups is 1. The number of fused-ring (bicyclic) bond motifs is 1. The number of nitrogens with two attached hydrogens (primary N) is 1. The lowest BCUT2D eigenvalue weighted by atomic mass is 10.2. The van der Waals surface area contributed by atoms with Gasteiger partial charge >= 0.3 is 0 Å². The lowest BCUT2D eigenvalue weighted by Gasteiger charge is -2.06. The number of amides is 1. The molecule has 3 rings (SSSR count). The molecule has 1 aliphatic rings. The van der Waals surface area contributed by atoms with Crippen LogP contribution in [0.4, 0.5) is 11.4 Å². The van der Waals surface area contributed by atoms with E-state index in [-0.39, 0.29) is 5.91 Å². The van der Waals surface area contributed by atoms with Crippen LogP contribution in [0.3, 0.4) is 0 Å². The number of benzene rings is 1. The summed E-state index contributed by atoms with van der Waals surface area (Å²) >= 11 is 1.61. The Morgan fingerprint density at radius 3 is 2.89 bits per heavy atom. The van der Waals surface area contributed by atoms with E-state index >= 15 is 0 Å². The second kappa shape index (κ2) is 4.70. The van der Waals surface area contributed by atoms with Crippen LogP contribution >= 0.6 is 11.3 Å². The Labute approximate surface area is 116 Å². The second-order valence-corrected chi connectivity index (χ2v) is 6.07. The van der Waals surface area contributed by atoms with E-state index in [2.05, 4.69) is 5.32 Å². The molecule has 0 bridgehead atoms. The molecule has 0 spiro atoms. The molecule has 2 aromatic rings. The molecule has 0 aliphatic heterocycles. The number of aryl methyl sites for hydroxylation is 3. The van der Waals surface area contributed by atoms with Crippen LogP contribution in [-0.2, 0) is 12.8 Å². The predicted molar refractivity (Wildman–Crippen MR) is 79.9 cm³/mol. The fourth-order valence-corrected chi connectivity index (χ4v) is 3.50. The maximum Gasteiger partial charge on any atom is 0.265 e. The molecule has 0 radical (unpaired) electrons. The number of nitrogen functional groups attached to an aromatic ring is 1. The Balaban J connectivity index is 1.78. The minimum Gasteiger partial charge on any atom is -0.398 e. The third-order valence-corrected chi connectivity index (χ3v) is 4.74. The highest BCUT2D eigenvalue weighted by molar-refractivity contribution is 7.14. The Morgan fingerprint density at radius 1 is 1.32 bits per heavy atom. The molecule has 3 nitrogen and oxygen atoms in total. The smallest absolute Gasteiger partial charge is 0.265 e. The number of anilines is 2. The van der Waals surface area contributed by atoms with E-state index < -0.39 is 0 Å². The molecule has 4 heteroatoms. The van der Waals surface area contributed by atoms with E-state index in [4.69, 9.17) is 5.73 Å². The largest absolute Gasteiger partial charge is 0.398 e. The maximum absolute atomic E-state index is 12.2. The van der Waals surface area contributed by atoms with Gasteiger partial charge in [-0.3, -0.25) is 4.79 Å². The van der Waals surface area contributed by atoms with Gasteiger partial charge in [0.15, 0.2) is 0 Å². The van der Waals surface area contributed by atoms with Crippen molar-refractivity contribution in [3.8, 4) is 0 Å². The Bertz CT molecular complexity index is 624. The summed E-state index contributed by atoms with van der Waals surface area (Å²) < 4.78 is 0. The van der Waals surface area contributed by atoms with E-state index in [0.29, 0.717) is 5.69 Å². The van der Waals surface area contributed by atoms with Crippen LogP contribution in [0.5, 0.6) is 0 Å². The molecule has 19 heavy (non-hydrogen) atoms. The Morgan fingerprint density at radius 2 is 2.16 bits per heavy atom. The van der Waals surface area contributed by atoms with Gasteiger partial charge < -0.3 is 11.1 Å². The zero-order valence-electron chi connectivity index (χ0n) is 10.8. The number of nitrogens with one attached hydrogen (secondary N) is 1. The molecule has 0 saturated heterocycles. The van der Waals surface area contributed by atoms with Crippen molar-refractivity contribution in [3.63, 3.8) is 0 Å². The van der Waals surface area contributed by atoms with Crippen LogP contribution in [0.15, 0.2) is 24.3 Å². The minimum absolute atomic E-state index is 0.0392. The van der Waals surface area contributed by atoms with Crippen LogP contribution in [0.1, 0.15) is 32.1 Å². The first kappa shape index (κ1) is 12.2. The van der Waals surface area contributed by atoms with Crippen molar-refractivity contribution in [1.82, 2.24) is 0 Å². The quantitative estimate of drug-likeness (QED) is 0.823. The summed E-state index contributed by atoms with van der Waals surface area (Å²) in [7, 11) is 0. The van der Waals surface area contributed by atoms with Crippen molar-refractivity contribution in [2.45, 2.75) is 26.2 Å². The molecule has 0 atom stereocenters. The zero-order valence-corrected chi connectivity index (χ0v) is 11.6. The van der Waals surface area contributed by atoms with E-state index in [1.807, 2.05) is 25.1 Å². The van der Waals surface area contributed by atoms with Crippen LogP contribution in [0.2, 0.25) is 0 Å². The van der Waals surface area contributed by atoms with Gasteiger partial charge in [0.2, 0.25) is 0 Å². The van der Waals surface area contributed by atoms with E-state index in [0.717, 1.165) is 29.0 Å². The summed E-state index contributed by atoms with van der Waals surface area (Å²) in [5.41, 5.74) is 9.66. The Hall–Kier alpha value is -1.81. The van der Waals surface area contributed by atoms with Gasteiger partial charge in [0.1, 0.15) is 0 Å². The summed E-state index contributed by atoms with van der Waals surface area (Å²) in [4.78, 5) is 14.3. The van der Waals surface area contributed by atoms with E-state index in [1.165, 1.54) is 16.9 Å². The normalized spacial score (nSPS) is 13.3. The van der Waals surface area contributed by atoms with Crippen molar-refractivity contribution in [2.24, 2.45) is 0 Å². The lowest BCUT2D eigenvalue weighted by molar-refractivity contribution is 0.103. The first-order chi connectivity index (χ1) is 9.13. The summed E-state index contributed by atoms with van der Waals surface area (Å²) in [6.45, 7) is 1.95. The topological polar surface area (TPSA) is 55.1 Å². The van der Waals surface area contributed by atoms with Gasteiger partial charge in [-0.1, -0.05) is 6.07 Å². The van der Waals surface area contributed by atoms with Gasteiger partial charge in [-0.05, 0) is 55.5 Å². The van der Waals surface area contributed by atoms with Crippen molar-refractivity contribution in [2.75, 3.05) is 11.1 Å². The highest BCUT2D eigenvalue weighted by atomic mass is 32.1. The number of rotatable bonds is 2. The van der Waals surface area contributed by atoms with Gasteiger partial charge in [0.05, 0.1) is 4.88 Å². The Kier molecular flexibility index (Phi) is 3.03. The fourth-order valence-electron chi connectivity index (χ4n) is 2.35. The number of hydrogen-bond acceptors (Lipinski definition) is 3. The molecule has 3 N–H and O–H groups in total. The molecule has 0 unspecified atom stereocenters. The maximum atomic E-state index is 12.2. The summed E-state index contributed by atoms with van der Waals surface area (Å²) in [6.07, 6.45) is 3.44. The molecule has 1 aliphatic carbocycles.